The highest BCUT2D eigenvalue weighted by Crippen LogP contribution is 2.27. The number of nitrogens with zero attached hydrogens (tertiary/aromatic N) is 1. The van der Waals surface area contributed by atoms with E-state index in [9.17, 15) is 4.39 Å². The highest BCUT2D eigenvalue weighted by Gasteiger charge is 2.21. The predicted molar refractivity (Wildman–Crippen MR) is 75.4 cm³/mol. The molecule has 0 saturated carbocycles. The van der Waals surface area contributed by atoms with Gasteiger partial charge in [-0.2, -0.15) is 0 Å². The molecule has 1 aromatic carbocycles. The van der Waals surface area contributed by atoms with E-state index in [1.807, 2.05) is 0 Å². The number of rotatable bonds is 7. The Kier molecular flexibility index (Phi) is 6.61. The van der Waals surface area contributed by atoms with Gasteiger partial charge < -0.3 is 5.73 Å². The molecule has 0 aromatic heterocycles. The van der Waals surface area contributed by atoms with Gasteiger partial charge in [-0.15, -0.1) is 0 Å². The van der Waals surface area contributed by atoms with E-state index < -0.39 is 0 Å². The Labute approximate surface area is 114 Å². The lowest BCUT2D eigenvalue weighted by Gasteiger charge is -2.31. The zero-order valence-corrected chi connectivity index (χ0v) is 11.9. The fourth-order valence-electron chi connectivity index (χ4n) is 2.25. The third-order valence-corrected chi connectivity index (χ3v) is 3.32. The Hall–Kier alpha value is -0.640. The van der Waals surface area contributed by atoms with Gasteiger partial charge in [0.25, 0.3) is 0 Å². The summed E-state index contributed by atoms with van der Waals surface area (Å²) >= 11 is 5.84. The summed E-state index contributed by atoms with van der Waals surface area (Å²) in [4.78, 5) is 2.23. The van der Waals surface area contributed by atoms with Crippen LogP contribution in [0, 0.1) is 5.82 Å². The van der Waals surface area contributed by atoms with Crippen molar-refractivity contribution in [2.45, 2.75) is 32.7 Å². The molecule has 0 fully saturated rings. The summed E-state index contributed by atoms with van der Waals surface area (Å²) in [5.74, 6) is -0.341. The second-order valence-electron chi connectivity index (χ2n) is 4.43. The standard InChI is InChI=1S/C14H22ClFN2/c1-3-8-18(9-4-2)13(10-17)11-6-5-7-12(15)14(11)16/h5-7,13H,3-4,8-10,17H2,1-2H3. The van der Waals surface area contributed by atoms with Gasteiger partial charge in [-0.05, 0) is 32.0 Å². The summed E-state index contributed by atoms with van der Waals surface area (Å²) in [7, 11) is 0. The monoisotopic (exact) mass is 272 g/mol. The van der Waals surface area contributed by atoms with E-state index in [4.69, 9.17) is 17.3 Å². The Morgan fingerprint density at radius 2 is 1.89 bits per heavy atom. The fourth-order valence-corrected chi connectivity index (χ4v) is 2.43. The largest absolute Gasteiger partial charge is 0.329 e. The molecule has 0 aliphatic carbocycles. The van der Waals surface area contributed by atoms with Gasteiger partial charge in [-0.1, -0.05) is 37.6 Å². The van der Waals surface area contributed by atoms with Gasteiger partial charge in [0, 0.05) is 18.2 Å². The minimum absolute atomic E-state index is 0.0939. The summed E-state index contributed by atoms with van der Waals surface area (Å²) in [6.45, 7) is 6.47. The highest BCUT2D eigenvalue weighted by molar-refractivity contribution is 6.30. The summed E-state index contributed by atoms with van der Waals surface area (Å²) in [5.41, 5.74) is 6.44. The maximum absolute atomic E-state index is 14.1. The molecule has 0 spiro atoms. The van der Waals surface area contributed by atoms with E-state index >= 15 is 0 Å². The van der Waals surface area contributed by atoms with E-state index in [0.717, 1.165) is 25.9 Å². The van der Waals surface area contributed by atoms with Crippen molar-refractivity contribution in [2.75, 3.05) is 19.6 Å². The lowest BCUT2D eigenvalue weighted by atomic mass is 10.0. The molecule has 2 N–H and O–H groups in total. The zero-order chi connectivity index (χ0) is 13.5. The number of nitrogens with two attached hydrogens (primary N) is 1. The first-order valence-corrected chi connectivity index (χ1v) is 6.91. The van der Waals surface area contributed by atoms with Crippen LogP contribution in [0.4, 0.5) is 4.39 Å². The summed E-state index contributed by atoms with van der Waals surface area (Å²) in [6, 6.07) is 5.03. The van der Waals surface area contributed by atoms with Gasteiger partial charge in [0.05, 0.1) is 5.02 Å². The lowest BCUT2D eigenvalue weighted by molar-refractivity contribution is 0.198. The first-order chi connectivity index (χ1) is 8.65. The van der Waals surface area contributed by atoms with Crippen molar-refractivity contribution in [1.82, 2.24) is 4.90 Å². The van der Waals surface area contributed by atoms with Crippen molar-refractivity contribution in [1.29, 1.82) is 0 Å². The predicted octanol–water partition coefficient (Wildman–Crippen LogP) is 3.60. The summed E-state index contributed by atoms with van der Waals surface area (Å²) in [5, 5.41) is 0.166. The summed E-state index contributed by atoms with van der Waals surface area (Å²) < 4.78 is 14.1. The molecule has 1 aromatic rings. The second-order valence-corrected chi connectivity index (χ2v) is 4.84. The van der Waals surface area contributed by atoms with Crippen LogP contribution in [0.15, 0.2) is 18.2 Å². The molecule has 1 rings (SSSR count). The van der Waals surface area contributed by atoms with E-state index in [0.29, 0.717) is 12.1 Å². The Bertz CT molecular complexity index is 365. The second kappa shape index (κ2) is 7.72. The molecule has 18 heavy (non-hydrogen) atoms. The van der Waals surface area contributed by atoms with Crippen LogP contribution in [0.1, 0.15) is 38.3 Å². The van der Waals surface area contributed by atoms with Gasteiger partial charge >= 0.3 is 0 Å². The molecule has 0 bridgehead atoms. The molecule has 0 radical (unpaired) electrons. The number of hydrogen-bond acceptors (Lipinski definition) is 2. The SMILES string of the molecule is CCCN(CCC)C(CN)c1cccc(Cl)c1F. The van der Waals surface area contributed by atoms with Crippen LogP contribution in [-0.2, 0) is 0 Å². The third-order valence-electron chi connectivity index (χ3n) is 3.03. The Morgan fingerprint density at radius 1 is 1.28 bits per heavy atom. The molecule has 0 aliphatic rings. The van der Waals surface area contributed by atoms with Crippen LogP contribution in [0.3, 0.4) is 0 Å². The van der Waals surface area contributed by atoms with Crippen LogP contribution >= 0.6 is 11.6 Å². The van der Waals surface area contributed by atoms with E-state index in [1.54, 1.807) is 18.2 Å². The Morgan fingerprint density at radius 3 is 2.39 bits per heavy atom. The van der Waals surface area contributed by atoms with Crippen molar-refractivity contribution >= 4 is 11.6 Å². The average molecular weight is 273 g/mol. The third kappa shape index (κ3) is 3.67. The average Bonchev–Trinajstić information content (AvgIpc) is 2.36. The van der Waals surface area contributed by atoms with Gasteiger partial charge in [0.15, 0.2) is 0 Å². The fraction of sp³-hybridized carbons (Fsp3) is 0.571. The van der Waals surface area contributed by atoms with Crippen LogP contribution in [0.25, 0.3) is 0 Å². The van der Waals surface area contributed by atoms with E-state index in [2.05, 4.69) is 18.7 Å². The van der Waals surface area contributed by atoms with Gasteiger partial charge in [-0.25, -0.2) is 4.39 Å². The maximum Gasteiger partial charge on any atom is 0.146 e. The molecule has 1 atom stereocenters. The molecular formula is C14H22ClFN2. The molecular weight excluding hydrogens is 251 g/mol. The topological polar surface area (TPSA) is 29.3 Å². The summed E-state index contributed by atoms with van der Waals surface area (Å²) in [6.07, 6.45) is 2.05. The molecule has 0 amide bonds. The molecule has 4 heteroatoms. The maximum atomic E-state index is 14.1. The minimum atomic E-state index is -0.341. The van der Waals surface area contributed by atoms with E-state index in [-0.39, 0.29) is 16.9 Å². The minimum Gasteiger partial charge on any atom is -0.329 e. The van der Waals surface area contributed by atoms with Crippen LogP contribution < -0.4 is 5.73 Å². The first kappa shape index (κ1) is 15.4. The van der Waals surface area contributed by atoms with Crippen molar-refractivity contribution in [3.8, 4) is 0 Å². The molecule has 102 valence electrons. The normalized spacial score (nSPS) is 13.0. The first-order valence-electron chi connectivity index (χ1n) is 6.53. The quantitative estimate of drug-likeness (QED) is 0.822. The lowest BCUT2D eigenvalue weighted by Crippen LogP contribution is -2.35. The molecule has 2 nitrogen and oxygen atoms in total. The van der Waals surface area contributed by atoms with E-state index in [1.165, 1.54) is 0 Å². The van der Waals surface area contributed by atoms with Gasteiger partial charge in [0.1, 0.15) is 5.82 Å². The van der Waals surface area contributed by atoms with Gasteiger partial charge in [0.2, 0.25) is 0 Å². The van der Waals surface area contributed by atoms with Crippen molar-refractivity contribution < 1.29 is 4.39 Å². The van der Waals surface area contributed by atoms with Crippen LogP contribution in [0.2, 0.25) is 5.02 Å². The van der Waals surface area contributed by atoms with Gasteiger partial charge in [-0.3, -0.25) is 4.90 Å². The van der Waals surface area contributed by atoms with Crippen molar-refractivity contribution in [2.24, 2.45) is 5.73 Å². The number of benzene rings is 1. The molecule has 0 heterocycles. The van der Waals surface area contributed by atoms with Crippen molar-refractivity contribution in [3.63, 3.8) is 0 Å². The molecule has 0 aliphatic heterocycles. The highest BCUT2D eigenvalue weighted by atomic mass is 35.5. The van der Waals surface area contributed by atoms with Crippen molar-refractivity contribution in [3.05, 3.63) is 34.6 Å². The zero-order valence-electron chi connectivity index (χ0n) is 11.1. The number of halogens is 2. The number of hydrogen-bond donors (Lipinski definition) is 1. The molecule has 1 unspecified atom stereocenters. The molecule has 0 saturated heterocycles. The van der Waals surface area contributed by atoms with Crippen LogP contribution in [0.5, 0.6) is 0 Å². The van der Waals surface area contributed by atoms with Crippen LogP contribution in [-0.4, -0.2) is 24.5 Å². The Balaban J connectivity index is 3.02. The smallest absolute Gasteiger partial charge is 0.146 e.